The Morgan fingerprint density at radius 1 is 0.588 bits per heavy atom. The Morgan fingerprint density at radius 2 is 1.03 bits per heavy atom. The molecule has 0 aromatic heterocycles. The van der Waals surface area contributed by atoms with Crippen molar-refractivity contribution in [2.75, 3.05) is 0 Å². The molecule has 4 aromatic rings. The first-order valence-electron chi connectivity index (χ1n) is 11.4. The maximum atomic E-state index is 2.46. The summed E-state index contributed by atoms with van der Waals surface area (Å²) >= 11 is -4.33. The summed E-state index contributed by atoms with van der Waals surface area (Å²) in [7, 11) is 0. The molecule has 2 aliphatic carbocycles. The van der Waals surface area contributed by atoms with E-state index in [1.54, 1.807) is 9.97 Å². The van der Waals surface area contributed by atoms with Gasteiger partial charge in [0.25, 0.3) is 0 Å². The van der Waals surface area contributed by atoms with Crippen LogP contribution in [0.15, 0.2) is 131 Å². The van der Waals surface area contributed by atoms with Crippen molar-refractivity contribution in [3.63, 3.8) is 0 Å². The van der Waals surface area contributed by atoms with E-state index in [1.165, 1.54) is 22.3 Å². The number of benzene rings is 4. The Morgan fingerprint density at radius 3 is 1.47 bits per heavy atom. The van der Waals surface area contributed by atoms with Gasteiger partial charge in [-0.3, -0.25) is 0 Å². The molecule has 0 bridgehead atoms. The van der Waals surface area contributed by atoms with Gasteiger partial charge in [-0.15, -0.1) is 24.8 Å². The van der Waals surface area contributed by atoms with Gasteiger partial charge in [-0.2, -0.15) is 0 Å². The number of hydrogen-bond donors (Lipinski definition) is 0. The molecule has 0 saturated heterocycles. The molecule has 170 valence electrons. The predicted molar refractivity (Wildman–Crippen MR) is 151 cm³/mol. The first-order valence-corrected chi connectivity index (χ1v) is 27.2. The van der Waals surface area contributed by atoms with E-state index in [2.05, 4.69) is 134 Å². The van der Waals surface area contributed by atoms with Crippen LogP contribution in [-0.4, -0.2) is 6.94 Å². The summed E-state index contributed by atoms with van der Waals surface area (Å²) in [5, 5.41) is 0. The second-order valence-electron chi connectivity index (χ2n) is 9.21. The molecule has 0 unspecified atom stereocenters. The van der Waals surface area contributed by atoms with E-state index < -0.39 is 17.1 Å². The van der Waals surface area contributed by atoms with Gasteiger partial charge < -0.3 is 0 Å². The number of hydrogen-bond acceptors (Lipinski definition) is 0. The number of allylic oxidation sites excluding steroid dienone is 4. The number of halogens is 2. The van der Waals surface area contributed by atoms with E-state index in [4.69, 9.17) is 0 Å². The van der Waals surface area contributed by atoms with E-state index in [9.17, 15) is 0 Å². The molecular formula is C30H28Cl2HfSi. The summed E-state index contributed by atoms with van der Waals surface area (Å²) in [5.74, 6) is 0. The van der Waals surface area contributed by atoms with Crippen LogP contribution < -0.4 is 6.64 Å². The topological polar surface area (TPSA) is 0 Å². The summed E-state index contributed by atoms with van der Waals surface area (Å²) in [6.07, 6.45) is 8.17. The molecule has 6 rings (SSSR count). The predicted octanol–water partition coefficient (Wildman–Crippen LogP) is 6.33. The molecule has 0 atom stereocenters. The van der Waals surface area contributed by atoms with Crippen LogP contribution in [0.25, 0.3) is 11.1 Å². The fourth-order valence-electron chi connectivity index (χ4n) is 6.41. The van der Waals surface area contributed by atoms with Crippen molar-refractivity contribution < 1.29 is 17.1 Å². The monoisotopic (exact) mass is 666 g/mol. The Balaban J connectivity index is 0.00000137. The van der Waals surface area contributed by atoms with Crippen molar-refractivity contribution in [1.29, 1.82) is 0 Å². The third-order valence-electron chi connectivity index (χ3n) is 7.84. The van der Waals surface area contributed by atoms with Gasteiger partial charge in [-0.25, -0.2) is 0 Å². The Bertz CT molecular complexity index is 1370. The third-order valence-corrected chi connectivity index (χ3v) is 46.9. The van der Waals surface area contributed by atoms with Gasteiger partial charge >= 0.3 is 194 Å². The van der Waals surface area contributed by atoms with Crippen LogP contribution in [0.2, 0.25) is 0 Å². The van der Waals surface area contributed by atoms with Gasteiger partial charge in [0.15, 0.2) is 0 Å². The van der Waals surface area contributed by atoms with Gasteiger partial charge in [-0.05, 0) is 0 Å². The van der Waals surface area contributed by atoms with E-state index in [1.807, 2.05) is 0 Å². The van der Waals surface area contributed by atoms with E-state index in [0.717, 1.165) is 6.42 Å². The van der Waals surface area contributed by atoms with Crippen molar-refractivity contribution in [1.82, 2.24) is 0 Å². The van der Waals surface area contributed by atoms with Crippen LogP contribution in [0, 0.1) is 0 Å². The van der Waals surface area contributed by atoms with Crippen LogP contribution in [-0.2, 0) is 17.1 Å². The quantitative estimate of drug-likeness (QED) is 0.224. The zero-order valence-corrected chi connectivity index (χ0v) is 25.6. The molecular weight excluding hydrogens is 638 g/mol. The van der Waals surface area contributed by atoms with Crippen LogP contribution in [0.5, 0.6) is 0 Å². The minimum atomic E-state index is -4.33. The first-order chi connectivity index (χ1) is 15.7. The molecule has 4 aromatic carbocycles. The minimum absolute atomic E-state index is 0. The van der Waals surface area contributed by atoms with Crippen molar-refractivity contribution in [2.24, 2.45) is 0 Å². The first kappa shape index (κ1) is 25.1. The molecule has 0 spiro atoms. The van der Waals surface area contributed by atoms with Crippen LogP contribution in [0.1, 0.15) is 21.2 Å². The van der Waals surface area contributed by atoms with Crippen molar-refractivity contribution in [3.8, 4) is 11.1 Å². The molecule has 0 aliphatic heterocycles. The summed E-state index contributed by atoms with van der Waals surface area (Å²) in [6, 6.07) is 41.4. The van der Waals surface area contributed by atoms with E-state index in [-0.39, 0.29) is 24.8 Å². The summed E-state index contributed by atoms with van der Waals surface area (Å²) < 4.78 is 5.21. The second kappa shape index (κ2) is 9.58. The molecule has 0 saturated carbocycles. The van der Waals surface area contributed by atoms with Crippen molar-refractivity contribution in [2.45, 2.75) is 10.1 Å². The molecule has 0 heterocycles. The summed E-state index contributed by atoms with van der Waals surface area (Å²) in [4.78, 5) is 0. The van der Waals surface area contributed by atoms with Gasteiger partial charge in [0.1, 0.15) is 0 Å². The van der Waals surface area contributed by atoms with E-state index >= 15 is 0 Å². The average molecular weight is 666 g/mol. The molecule has 0 nitrogen and oxygen atoms in total. The Kier molecular flexibility index (Phi) is 7.08. The summed E-state index contributed by atoms with van der Waals surface area (Å²) in [6.45, 7) is 2.40. The van der Waals surface area contributed by atoms with Gasteiger partial charge in [0.2, 0.25) is 0 Å². The fraction of sp³-hybridized carbons (Fsp3) is 0.0667. The van der Waals surface area contributed by atoms with Crippen molar-refractivity contribution in [3.05, 3.63) is 142 Å². The van der Waals surface area contributed by atoms with E-state index in [0.29, 0.717) is 3.67 Å². The zero-order valence-electron chi connectivity index (χ0n) is 18.9. The maximum absolute atomic E-state index is 4.33. The molecule has 0 fully saturated rings. The molecule has 4 heteroatoms. The molecule has 0 N–H and O–H groups in total. The number of rotatable bonds is 4. The van der Waals surface area contributed by atoms with Gasteiger partial charge in [0, 0.05) is 0 Å². The molecule has 34 heavy (non-hydrogen) atoms. The molecule has 0 amide bonds. The van der Waals surface area contributed by atoms with Crippen molar-refractivity contribution >= 4 is 38.4 Å². The van der Waals surface area contributed by atoms with Crippen LogP contribution >= 0.6 is 24.8 Å². The van der Waals surface area contributed by atoms with Gasteiger partial charge in [-0.1, -0.05) is 0 Å². The standard InChI is InChI=1S/C13H9.2C6H5.C5H5.2ClH.Hf.H2Si/c1-3-7-12-10(5-1)9-11-6-2-4-8-13(11)12;2*1-2-4-6-5-3-1;1-2-4-5-3-1;;;;/h1-9H;2*1-5H;1-3H,4H2;2*1H;;1H2. The molecule has 2 aliphatic rings. The Hall–Kier alpha value is -1.97. The summed E-state index contributed by atoms with van der Waals surface area (Å²) in [5.41, 5.74) is 5.86. The zero-order chi connectivity index (χ0) is 21.6. The average Bonchev–Trinajstić information content (AvgIpc) is 3.53. The third kappa shape index (κ3) is 3.34. The number of fused-ring (bicyclic) bond motifs is 3. The van der Waals surface area contributed by atoms with Crippen LogP contribution in [0.3, 0.4) is 0 Å². The Labute approximate surface area is 217 Å². The SMILES string of the molecule is Cl.Cl.[SiH2]=[Hf]([C]1=CC=CC1)([c]1ccccc1)([c]1ccccc1)[CH]1c2ccccc2-c2ccccc21. The normalized spacial score (nSPS) is 14.4. The fourth-order valence-corrected chi connectivity index (χ4v) is 41.0. The second-order valence-corrected chi connectivity index (χ2v) is 40.8. The van der Waals surface area contributed by atoms with Gasteiger partial charge in [0.05, 0.1) is 0 Å². The molecule has 0 radical (unpaired) electrons. The van der Waals surface area contributed by atoms with Crippen LogP contribution in [0.4, 0.5) is 0 Å².